The van der Waals surface area contributed by atoms with Crippen molar-refractivity contribution in [2.75, 3.05) is 0 Å². The van der Waals surface area contributed by atoms with Crippen LogP contribution in [0.25, 0.3) is 0 Å². The van der Waals surface area contributed by atoms with E-state index in [0.717, 1.165) is 19.3 Å². The van der Waals surface area contributed by atoms with E-state index in [9.17, 15) is 18.3 Å². The lowest BCUT2D eigenvalue weighted by molar-refractivity contribution is -0.140. The molecule has 27 heavy (non-hydrogen) atoms. The summed E-state index contributed by atoms with van der Waals surface area (Å²) < 4.78 is 29.2. The molecule has 0 aromatic heterocycles. The molecule has 0 saturated heterocycles. The summed E-state index contributed by atoms with van der Waals surface area (Å²) in [5.41, 5.74) is -1.61. The Morgan fingerprint density at radius 2 is 1.78 bits per heavy atom. The molecule has 0 amide bonds. The molecule has 7 heteroatoms. The third-order valence-corrected chi connectivity index (χ3v) is 7.53. The summed E-state index contributed by atoms with van der Waals surface area (Å²) >= 11 is 5.88. The smallest absolute Gasteiger partial charge is 0.304 e. The summed E-state index contributed by atoms with van der Waals surface area (Å²) in [7, 11) is -3.82. The van der Waals surface area contributed by atoms with E-state index in [0.29, 0.717) is 24.3 Å². The topological polar surface area (TPSA) is 83.5 Å². The van der Waals surface area contributed by atoms with Gasteiger partial charge < -0.3 is 5.11 Å². The van der Waals surface area contributed by atoms with E-state index < -0.39 is 26.9 Å². The number of carboxylic acids is 1. The molecule has 1 saturated carbocycles. The first-order valence-electron chi connectivity index (χ1n) is 9.14. The van der Waals surface area contributed by atoms with Gasteiger partial charge in [-0.05, 0) is 43.5 Å². The van der Waals surface area contributed by atoms with E-state index in [1.807, 2.05) is 24.3 Å². The molecule has 0 aliphatic heterocycles. The third-order valence-electron chi connectivity index (χ3n) is 5.73. The average Bonchev–Trinajstić information content (AvgIpc) is 2.62. The van der Waals surface area contributed by atoms with Crippen molar-refractivity contribution in [3.8, 4) is 0 Å². The first-order valence-corrected chi connectivity index (χ1v) is 11.0. The first kappa shape index (κ1) is 20.1. The highest BCUT2D eigenvalue weighted by Gasteiger charge is 2.52. The lowest BCUT2D eigenvalue weighted by Crippen LogP contribution is -2.61. The fourth-order valence-electron chi connectivity index (χ4n) is 4.38. The zero-order valence-corrected chi connectivity index (χ0v) is 16.6. The van der Waals surface area contributed by atoms with Crippen molar-refractivity contribution in [3.63, 3.8) is 0 Å². The first-order chi connectivity index (χ1) is 12.8. The fraction of sp³-hybridized carbons (Fsp3) is 0.450. The van der Waals surface area contributed by atoms with Crippen LogP contribution in [0.5, 0.6) is 0 Å². The lowest BCUT2D eigenvalue weighted by Gasteiger charge is -2.51. The normalized spacial score (nSPS) is 24.6. The third kappa shape index (κ3) is 4.13. The number of hydrogen-bond acceptors (Lipinski definition) is 3. The monoisotopic (exact) mass is 409 g/mol. The molecule has 5 nitrogen and oxygen atoms in total. The molecule has 0 heterocycles. The second-order valence-electron chi connectivity index (χ2n) is 7.42. The van der Waals surface area contributed by atoms with Crippen LogP contribution in [0, 0.1) is 5.41 Å². The van der Waals surface area contributed by atoms with Gasteiger partial charge in [-0.1, -0.05) is 55.2 Å². The van der Waals surface area contributed by atoms with Gasteiger partial charge in [0.1, 0.15) is 0 Å². The molecule has 1 aromatic rings. The van der Waals surface area contributed by atoms with Crippen molar-refractivity contribution in [1.29, 1.82) is 0 Å². The van der Waals surface area contributed by atoms with Gasteiger partial charge in [-0.15, -0.1) is 0 Å². The van der Waals surface area contributed by atoms with Crippen molar-refractivity contribution in [3.05, 3.63) is 53.6 Å². The molecule has 146 valence electrons. The van der Waals surface area contributed by atoms with Crippen LogP contribution in [0.15, 0.2) is 53.5 Å². The van der Waals surface area contributed by atoms with Crippen LogP contribution in [-0.4, -0.2) is 25.0 Å². The Morgan fingerprint density at radius 1 is 1.11 bits per heavy atom. The van der Waals surface area contributed by atoms with Crippen LogP contribution < -0.4 is 4.72 Å². The van der Waals surface area contributed by atoms with E-state index in [1.165, 1.54) is 12.1 Å². The van der Waals surface area contributed by atoms with E-state index in [4.69, 9.17) is 11.6 Å². The zero-order chi connectivity index (χ0) is 19.5. The van der Waals surface area contributed by atoms with Crippen LogP contribution in [0.3, 0.4) is 0 Å². The Balaban J connectivity index is 2.04. The molecule has 1 unspecified atom stereocenters. The number of rotatable bonds is 6. The Morgan fingerprint density at radius 3 is 2.33 bits per heavy atom. The average molecular weight is 410 g/mol. The standard InChI is InChI=1S/C20H24ClNO4S/c21-16-7-9-17(10-8-16)27(25,26)22-20(13-5-2-6-14-20)19(15-18(23)24)11-3-1-4-12-19/h1,3-4,7-11,22H,2,5-6,12-15H2,(H,23,24). The number of halogens is 1. The minimum Gasteiger partial charge on any atom is -0.481 e. The molecule has 3 rings (SSSR count). The minimum absolute atomic E-state index is 0.114. The highest BCUT2D eigenvalue weighted by molar-refractivity contribution is 7.89. The number of hydrogen-bond donors (Lipinski definition) is 2. The number of allylic oxidation sites excluding steroid dienone is 3. The highest BCUT2D eigenvalue weighted by atomic mass is 35.5. The number of sulfonamides is 1. The molecule has 2 N–H and O–H groups in total. The van der Waals surface area contributed by atoms with Crippen LogP contribution in [0.1, 0.15) is 44.9 Å². The van der Waals surface area contributed by atoms with Crippen LogP contribution in [-0.2, 0) is 14.8 Å². The molecule has 0 bridgehead atoms. The Hall–Kier alpha value is -1.63. The molecule has 2 aliphatic rings. The van der Waals surface area contributed by atoms with Crippen LogP contribution >= 0.6 is 11.6 Å². The maximum Gasteiger partial charge on any atom is 0.304 e. The largest absolute Gasteiger partial charge is 0.481 e. The molecule has 1 fully saturated rings. The summed E-state index contributed by atoms with van der Waals surface area (Å²) in [5, 5.41) is 10.0. The molecule has 2 aliphatic carbocycles. The maximum absolute atomic E-state index is 13.1. The van der Waals surface area contributed by atoms with Crippen molar-refractivity contribution in [1.82, 2.24) is 4.72 Å². The highest BCUT2D eigenvalue weighted by Crippen LogP contribution is 2.50. The SMILES string of the molecule is O=C(O)CC1(C2(NS(=O)(=O)c3ccc(Cl)cc3)CCCCC2)C=CC=CC1. The number of carbonyl (C=O) groups is 1. The molecular formula is C20H24ClNO4S. The molecule has 0 spiro atoms. The summed E-state index contributed by atoms with van der Waals surface area (Å²) in [4.78, 5) is 11.8. The van der Waals surface area contributed by atoms with Gasteiger partial charge in [-0.3, -0.25) is 4.79 Å². The zero-order valence-electron chi connectivity index (χ0n) is 15.0. The Bertz CT molecular complexity index is 854. The molecule has 0 radical (unpaired) electrons. The predicted molar refractivity (Wildman–Crippen MR) is 105 cm³/mol. The Labute approximate surface area is 165 Å². The molecule has 1 aromatic carbocycles. The van der Waals surface area contributed by atoms with Crippen molar-refractivity contribution in [2.24, 2.45) is 5.41 Å². The number of aliphatic carboxylic acids is 1. The van der Waals surface area contributed by atoms with Gasteiger partial charge in [-0.2, -0.15) is 0 Å². The van der Waals surface area contributed by atoms with Gasteiger partial charge >= 0.3 is 5.97 Å². The Kier molecular flexibility index (Phi) is 5.79. The quantitative estimate of drug-likeness (QED) is 0.733. The van der Waals surface area contributed by atoms with Crippen LogP contribution in [0.4, 0.5) is 0 Å². The van der Waals surface area contributed by atoms with E-state index in [2.05, 4.69) is 4.72 Å². The summed E-state index contributed by atoms with van der Waals surface area (Å²) in [5.74, 6) is -0.925. The molecule has 1 atom stereocenters. The van der Waals surface area contributed by atoms with Crippen molar-refractivity contribution < 1.29 is 18.3 Å². The second kappa shape index (κ2) is 7.78. The van der Waals surface area contributed by atoms with Crippen molar-refractivity contribution >= 4 is 27.6 Å². The number of nitrogens with one attached hydrogen (secondary N) is 1. The van der Waals surface area contributed by atoms with E-state index in [-0.39, 0.29) is 11.3 Å². The van der Waals surface area contributed by atoms with Gasteiger partial charge in [0.15, 0.2) is 0 Å². The summed E-state index contributed by atoms with van der Waals surface area (Å²) in [6, 6.07) is 6.03. The second-order valence-corrected chi connectivity index (χ2v) is 9.54. The van der Waals surface area contributed by atoms with Gasteiger partial charge in [0.05, 0.1) is 11.3 Å². The fourth-order valence-corrected chi connectivity index (χ4v) is 6.04. The maximum atomic E-state index is 13.1. The van der Waals surface area contributed by atoms with E-state index >= 15 is 0 Å². The minimum atomic E-state index is -3.82. The number of carboxylic acid groups (broad SMARTS) is 1. The van der Waals surface area contributed by atoms with Crippen molar-refractivity contribution in [2.45, 2.75) is 55.4 Å². The van der Waals surface area contributed by atoms with Crippen LogP contribution in [0.2, 0.25) is 5.02 Å². The van der Waals surface area contributed by atoms with Gasteiger partial charge in [0, 0.05) is 16.0 Å². The lowest BCUT2D eigenvalue weighted by atomic mass is 9.59. The van der Waals surface area contributed by atoms with E-state index in [1.54, 1.807) is 12.1 Å². The number of benzene rings is 1. The van der Waals surface area contributed by atoms with Gasteiger partial charge in [0.25, 0.3) is 0 Å². The van der Waals surface area contributed by atoms with Gasteiger partial charge in [-0.25, -0.2) is 13.1 Å². The molecular weight excluding hydrogens is 386 g/mol. The summed E-state index contributed by atoms with van der Waals surface area (Å²) in [6.07, 6.45) is 11.9. The summed E-state index contributed by atoms with van der Waals surface area (Å²) in [6.45, 7) is 0. The predicted octanol–water partition coefficient (Wildman–Crippen LogP) is 4.30. The van der Waals surface area contributed by atoms with Gasteiger partial charge in [0.2, 0.25) is 10.0 Å².